The zero-order valence-electron chi connectivity index (χ0n) is 14.8. The quantitative estimate of drug-likeness (QED) is 0.584. The number of hydrogen-bond acceptors (Lipinski definition) is 2. The van der Waals surface area contributed by atoms with E-state index in [1.807, 2.05) is 30.3 Å². The second-order valence-corrected chi connectivity index (χ2v) is 11.5. The van der Waals surface area contributed by atoms with Gasteiger partial charge in [0.15, 0.2) is 0 Å². The average Bonchev–Trinajstić information content (AvgIpc) is 2.62. The summed E-state index contributed by atoms with van der Waals surface area (Å²) in [4.78, 5) is 0. The fraction of sp³-hybridized carbons (Fsp3) is 0.429. The zero-order chi connectivity index (χ0) is 16.8. The summed E-state index contributed by atoms with van der Waals surface area (Å²) in [6, 6.07) is 18.4. The third-order valence-corrected chi connectivity index (χ3v) is 8.35. The van der Waals surface area contributed by atoms with E-state index in [9.17, 15) is 0 Å². The van der Waals surface area contributed by atoms with Crippen LogP contribution in [0.3, 0.4) is 0 Å². The van der Waals surface area contributed by atoms with E-state index in [2.05, 4.69) is 37.4 Å². The Morgan fingerprint density at radius 1 is 0.833 bits per heavy atom. The Balaban J connectivity index is 1.55. The molecule has 0 N–H and O–H groups in total. The first-order valence-electron chi connectivity index (χ1n) is 9.09. The Labute approximate surface area is 146 Å². The second kappa shape index (κ2) is 7.89. The van der Waals surface area contributed by atoms with Crippen molar-refractivity contribution in [2.75, 3.05) is 0 Å². The van der Waals surface area contributed by atoms with Gasteiger partial charge in [0.1, 0.15) is 18.1 Å². The molecule has 0 atom stereocenters. The Morgan fingerprint density at radius 3 is 2.12 bits per heavy atom. The molecular formula is C21H28O2Si. The van der Waals surface area contributed by atoms with E-state index < -0.39 is 8.32 Å². The molecule has 3 rings (SSSR count). The first-order chi connectivity index (χ1) is 11.6. The summed E-state index contributed by atoms with van der Waals surface area (Å²) in [6.45, 7) is 5.33. The van der Waals surface area contributed by atoms with Crippen LogP contribution in [0, 0.1) is 0 Å². The van der Waals surface area contributed by atoms with Crippen molar-refractivity contribution < 1.29 is 9.16 Å². The molecule has 2 aromatic carbocycles. The topological polar surface area (TPSA) is 18.5 Å². The third kappa shape index (κ3) is 4.64. The molecule has 0 bridgehead atoms. The van der Waals surface area contributed by atoms with Gasteiger partial charge in [-0.05, 0) is 61.3 Å². The monoisotopic (exact) mass is 340 g/mol. The van der Waals surface area contributed by atoms with Crippen LogP contribution in [-0.4, -0.2) is 8.32 Å². The molecule has 24 heavy (non-hydrogen) atoms. The molecule has 0 spiro atoms. The Kier molecular flexibility index (Phi) is 5.62. The molecule has 3 heteroatoms. The maximum absolute atomic E-state index is 6.44. The van der Waals surface area contributed by atoms with Gasteiger partial charge in [0.2, 0.25) is 8.32 Å². The first kappa shape index (κ1) is 17.1. The molecule has 0 heterocycles. The summed E-state index contributed by atoms with van der Waals surface area (Å²) < 4.78 is 12.3. The molecule has 0 saturated heterocycles. The van der Waals surface area contributed by atoms with Gasteiger partial charge >= 0.3 is 0 Å². The molecule has 0 unspecified atom stereocenters. The van der Waals surface area contributed by atoms with E-state index in [1.54, 1.807) is 0 Å². The van der Waals surface area contributed by atoms with Crippen LogP contribution in [0.1, 0.15) is 37.7 Å². The summed E-state index contributed by atoms with van der Waals surface area (Å²) in [5.74, 6) is 1.88. The standard InChI is InChI=1S/C21H28O2Si/c1-24(2,21-11-7-4-8-12-21)23-20-15-13-19(14-16-20)22-17-18-9-5-3-6-10-18/h3,5-6,9-10,13-16,21H,4,7-8,11-12,17H2,1-2H3. The van der Waals surface area contributed by atoms with Crippen LogP contribution < -0.4 is 9.16 Å². The minimum atomic E-state index is -1.67. The average molecular weight is 341 g/mol. The molecule has 1 fully saturated rings. The SMILES string of the molecule is C[Si](C)(Oc1ccc(OCc2ccccc2)cc1)C1CCCCC1. The fourth-order valence-electron chi connectivity index (χ4n) is 3.53. The number of rotatable bonds is 6. The highest BCUT2D eigenvalue weighted by Crippen LogP contribution is 2.38. The Hall–Kier alpha value is -1.74. The minimum Gasteiger partial charge on any atom is -0.544 e. The summed E-state index contributed by atoms with van der Waals surface area (Å²) in [5.41, 5.74) is 1.98. The van der Waals surface area contributed by atoms with E-state index in [0.717, 1.165) is 17.0 Å². The number of benzene rings is 2. The lowest BCUT2D eigenvalue weighted by Crippen LogP contribution is -2.40. The molecular weight excluding hydrogens is 312 g/mol. The molecule has 1 aliphatic rings. The van der Waals surface area contributed by atoms with Crippen molar-refractivity contribution in [1.82, 2.24) is 0 Å². The van der Waals surface area contributed by atoms with Gasteiger partial charge < -0.3 is 9.16 Å². The number of ether oxygens (including phenoxy) is 1. The van der Waals surface area contributed by atoms with Gasteiger partial charge in [-0.1, -0.05) is 49.6 Å². The summed E-state index contributed by atoms with van der Waals surface area (Å²) in [5, 5.41) is 0. The molecule has 0 radical (unpaired) electrons. The maximum Gasteiger partial charge on any atom is 0.248 e. The van der Waals surface area contributed by atoms with Crippen molar-refractivity contribution in [1.29, 1.82) is 0 Å². The third-order valence-electron chi connectivity index (χ3n) is 5.04. The van der Waals surface area contributed by atoms with Gasteiger partial charge in [-0.2, -0.15) is 0 Å². The summed E-state index contributed by atoms with van der Waals surface area (Å²) in [6.07, 6.45) is 6.83. The smallest absolute Gasteiger partial charge is 0.248 e. The van der Waals surface area contributed by atoms with Crippen LogP contribution in [0.5, 0.6) is 11.5 Å². The van der Waals surface area contributed by atoms with E-state index in [1.165, 1.54) is 37.7 Å². The van der Waals surface area contributed by atoms with Gasteiger partial charge in [-0.3, -0.25) is 0 Å². The highest BCUT2D eigenvalue weighted by atomic mass is 28.4. The summed E-state index contributed by atoms with van der Waals surface area (Å²) >= 11 is 0. The predicted octanol–water partition coefficient (Wildman–Crippen LogP) is 6.18. The van der Waals surface area contributed by atoms with Crippen molar-refractivity contribution in [2.24, 2.45) is 0 Å². The Morgan fingerprint density at radius 2 is 1.46 bits per heavy atom. The molecule has 1 saturated carbocycles. The van der Waals surface area contributed by atoms with Gasteiger partial charge in [-0.25, -0.2) is 0 Å². The molecule has 0 amide bonds. The lowest BCUT2D eigenvalue weighted by molar-refractivity contribution is 0.306. The van der Waals surface area contributed by atoms with Crippen LogP contribution in [0.15, 0.2) is 54.6 Å². The van der Waals surface area contributed by atoms with Gasteiger partial charge in [0.05, 0.1) is 0 Å². The van der Waals surface area contributed by atoms with Gasteiger partial charge in [0.25, 0.3) is 0 Å². The summed E-state index contributed by atoms with van der Waals surface area (Å²) in [7, 11) is -1.67. The van der Waals surface area contributed by atoms with Crippen LogP contribution in [-0.2, 0) is 6.61 Å². The van der Waals surface area contributed by atoms with Crippen LogP contribution in [0.25, 0.3) is 0 Å². The van der Waals surface area contributed by atoms with Crippen molar-refractivity contribution >= 4 is 8.32 Å². The van der Waals surface area contributed by atoms with E-state index in [4.69, 9.17) is 9.16 Å². The predicted molar refractivity (Wildman–Crippen MR) is 102 cm³/mol. The lowest BCUT2D eigenvalue weighted by Gasteiger charge is -2.35. The van der Waals surface area contributed by atoms with Crippen molar-refractivity contribution in [3.05, 3.63) is 60.2 Å². The van der Waals surface area contributed by atoms with Crippen LogP contribution in [0.2, 0.25) is 18.6 Å². The van der Waals surface area contributed by atoms with Crippen molar-refractivity contribution in [3.63, 3.8) is 0 Å². The minimum absolute atomic E-state index is 0.601. The van der Waals surface area contributed by atoms with Crippen LogP contribution in [0.4, 0.5) is 0 Å². The molecule has 128 valence electrons. The number of hydrogen-bond donors (Lipinski definition) is 0. The largest absolute Gasteiger partial charge is 0.544 e. The lowest BCUT2D eigenvalue weighted by atomic mass is 10.0. The molecule has 2 nitrogen and oxygen atoms in total. The van der Waals surface area contributed by atoms with E-state index in [-0.39, 0.29) is 0 Å². The molecule has 2 aromatic rings. The highest BCUT2D eigenvalue weighted by molar-refractivity contribution is 6.73. The van der Waals surface area contributed by atoms with Crippen LogP contribution >= 0.6 is 0 Å². The second-order valence-electron chi connectivity index (χ2n) is 7.29. The fourth-order valence-corrected chi connectivity index (χ4v) is 6.24. The molecule has 1 aliphatic carbocycles. The zero-order valence-corrected chi connectivity index (χ0v) is 15.8. The van der Waals surface area contributed by atoms with Crippen molar-refractivity contribution in [2.45, 2.75) is 57.3 Å². The highest BCUT2D eigenvalue weighted by Gasteiger charge is 2.36. The van der Waals surface area contributed by atoms with Crippen molar-refractivity contribution in [3.8, 4) is 11.5 Å². The first-order valence-corrected chi connectivity index (χ1v) is 12.1. The van der Waals surface area contributed by atoms with E-state index >= 15 is 0 Å². The molecule has 0 aromatic heterocycles. The normalized spacial score (nSPS) is 15.9. The Bertz CT molecular complexity index is 616. The van der Waals surface area contributed by atoms with E-state index in [0.29, 0.717) is 6.61 Å². The maximum atomic E-state index is 6.44. The van der Waals surface area contributed by atoms with Gasteiger partial charge in [0, 0.05) is 0 Å². The van der Waals surface area contributed by atoms with Gasteiger partial charge in [-0.15, -0.1) is 0 Å². The molecule has 0 aliphatic heterocycles.